The van der Waals surface area contributed by atoms with Gasteiger partial charge >= 0.3 is 5.97 Å². The molecular weight excluding hydrogens is 278 g/mol. The van der Waals surface area contributed by atoms with Gasteiger partial charge in [-0.2, -0.15) is 0 Å². The van der Waals surface area contributed by atoms with E-state index in [1.807, 2.05) is 4.90 Å². The Kier molecular flexibility index (Phi) is 5.07. The van der Waals surface area contributed by atoms with E-state index in [4.69, 9.17) is 5.11 Å². The topological polar surface area (TPSA) is 74.7 Å². The molecule has 0 aromatic carbocycles. The van der Waals surface area contributed by atoms with Gasteiger partial charge in [0.05, 0.1) is 18.1 Å². The number of sulfone groups is 1. The number of carboxylic acid groups (broad SMARTS) is 1. The van der Waals surface area contributed by atoms with Crippen molar-refractivity contribution in [2.24, 2.45) is 11.8 Å². The second-order valence-corrected chi connectivity index (χ2v) is 8.75. The van der Waals surface area contributed by atoms with Crippen molar-refractivity contribution < 1.29 is 18.3 Å². The van der Waals surface area contributed by atoms with E-state index in [1.54, 1.807) is 0 Å². The van der Waals surface area contributed by atoms with Gasteiger partial charge in [0.15, 0.2) is 9.84 Å². The number of carboxylic acids is 1. The highest BCUT2D eigenvalue weighted by molar-refractivity contribution is 7.91. The first kappa shape index (κ1) is 15.8. The average Bonchev–Trinajstić information content (AvgIpc) is 2.68. The van der Waals surface area contributed by atoms with E-state index in [0.717, 1.165) is 19.4 Å². The van der Waals surface area contributed by atoms with E-state index in [9.17, 15) is 13.2 Å². The van der Waals surface area contributed by atoms with Gasteiger partial charge in [-0.05, 0) is 31.1 Å². The monoisotopic (exact) mass is 303 g/mol. The Morgan fingerprint density at radius 1 is 1.30 bits per heavy atom. The smallest absolute Gasteiger partial charge is 0.317 e. The number of aliphatic carboxylic acids is 1. The molecule has 0 bridgehead atoms. The largest absolute Gasteiger partial charge is 0.480 e. The van der Waals surface area contributed by atoms with Gasteiger partial charge < -0.3 is 5.11 Å². The number of nitrogens with zero attached hydrogens (tertiary/aromatic N) is 1. The van der Waals surface area contributed by atoms with Gasteiger partial charge in [-0.15, -0.1) is 0 Å². The van der Waals surface area contributed by atoms with Crippen molar-refractivity contribution >= 4 is 15.8 Å². The van der Waals surface area contributed by atoms with Crippen LogP contribution in [0.3, 0.4) is 0 Å². The Hall–Kier alpha value is -0.620. The summed E-state index contributed by atoms with van der Waals surface area (Å²) in [6, 6.07) is -0.103. The molecule has 0 radical (unpaired) electrons. The first-order valence-corrected chi connectivity index (χ1v) is 9.34. The molecule has 1 saturated heterocycles. The first-order chi connectivity index (χ1) is 9.35. The SMILES string of the molecule is CC1CCCC(CN(CC(=O)O)C2CCS(=O)(=O)C2)C1. The van der Waals surface area contributed by atoms with Gasteiger partial charge in [0.2, 0.25) is 0 Å². The lowest BCUT2D eigenvalue weighted by molar-refractivity contribution is -0.139. The fraction of sp³-hybridized carbons (Fsp3) is 0.929. The highest BCUT2D eigenvalue weighted by atomic mass is 32.2. The van der Waals surface area contributed by atoms with Crippen molar-refractivity contribution in [2.75, 3.05) is 24.6 Å². The standard InChI is InChI=1S/C14H25NO4S/c1-11-3-2-4-12(7-11)8-15(9-14(16)17)13-5-6-20(18,19)10-13/h11-13H,2-10H2,1H3,(H,16,17). The minimum atomic E-state index is -2.96. The van der Waals surface area contributed by atoms with E-state index >= 15 is 0 Å². The van der Waals surface area contributed by atoms with Crippen LogP contribution in [0, 0.1) is 11.8 Å². The number of carbonyl (C=O) groups is 1. The third-order valence-corrected chi connectivity index (χ3v) is 6.35. The van der Waals surface area contributed by atoms with Gasteiger partial charge in [-0.3, -0.25) is 9.69 Å². The summed E-state index contributed by atoms with van der Waals surface area (Å²) in [7, 11) is -2.96. The molecule has 2 rings (SSSR count). The van der Waals surface area contributed by atoms with Gasteiger partial charge in [0.25, 0.3) is 0 Å². The molecule has 116 valence electrons. The van der Waals surface area contributed by atoms with E-state index in [2.05, 4.69) is 6.92 Å². The number of hydrogen-bond acceptors (Lipinski definition) is 4. The van der Waals surface area contributed by atoms with Crippen LogP contribution in [0.1, 0.15) is 39.0 Å². The van der Waals surface area contributed by atoms with Crippen molar-refractivity contribution in [2.45, 2.75) is 45.1 Å². The van der Waals surface area contributed by atoms with Gasteiger partial charge in [0.1, 0.15) is 0 Å². The number of hydrogen-bond donors (Lipinski definition) is 1. The summed E-state index contributed by atoms with van der Waals surface area (Å²) in [5.74, 6) is 0.685. The molecular formula is C14H25NO4S. The van der Waals surface area contributed by atoms with Crippen LogP contribution < -0.4 is 0 Å². The molecule has 3 unspecified atom stereocenters. The lowest BCUT2D eigenvalue weighted by Gasteiger charge is -2.34. The predicted octanol–water partition coefficient (Wildman–Crippen LogP) is 1.39. The summed E-state index contributed by atoms with van der Waals surface area (Å²) < 4.78 is 23.2. The van der Waals surface area contributed by atoms with Crippen molar-refractivity contribution in [3.05, 3.63) is 0 Å². The van der Waals surface area contributed by atoms with Crippen molar-refractivity contribution in [3.8, 4) is 0 Å². The molecule has 0 aromatic heterocycles. The second kappa shape index (κ2) is 6.43. The Morgan fingerprint density at radius 2 is 2.05 bits per heavy atom. The van der Waals surface area contributed by atoms with E-state index < -0.39 is 15.8 Å². The van der Waals surface area contributed by atoms with Crippen LogP contribution in [-0.4, -0.2) is 55.0 Å². The van der Waals surface area contributed by atoms with Crippen LogP contribution in [0.15, 0.2) is 0 Å². The second-order valence-electron chi connectivity index (χ2n) is 6.52. The van der Waals surface area contributed by atoms with Gasteiger partial charge in [0, 0.05) is 12.6 Å². The summed E-state index contributed by atoms with van der Waals surface area (Å²) in [4.78, 5) is 12.9. The average molecular weight is 303 g/mol. The van der Waals surface area contributed by atoms with E-state index in [0.29, 0.717) is 18.3 Å². The molecule has 20 heavy (non-hydrogen) atoms. The van der Waals surface area contributed by atoms with Crippen molar-refractivity contribution in [3.63, 3.8) is 0 Å². The van der Waals surface area contributed by atoms with Crippen LogP contribution in [0.5, 0.6) is 0 Å². The maximum Gasteiger partial charge on any atom is 0.317 e. The molecule has 3 atom stereocenters. The van der Waals surface area contributed by atoms with Crippen LogP contribution in [0.4, 0.5) is 0 Å². The molecule has 0 amide bonds. The quantitative estimate of drug-likeness (QED) is 0.830. The van der Waals surface area contributed by atoms with Crippen LogP contribution in [0.25, 0.3) is 0 Å². The molecule has 1 aliphatic heterocycles. The van der Waals surface area contributed by atoms with Crippen molar-refractivity contribution in [1.29, 1.82) is 0 Å². The lowest BCUT2D eigenvalue weighted by atomic mass is 9.82. The molecule has 1 saturated carbocycles. The molecule has 2 fully saturated rings. The molecule has 6 heteroatoms. The van der Waals surface area contributed by atoms with E-state index in [-0.39, 0.29) is 24.1 Å². The third kappa shape index (κ3) is 4.45. The summed E-state index contributed by atoms with van der Waals surface area (Å²) >= 11 is 0. The summed E-state index contributed by atoms with van der Waals surface area (Å²) in [6.45, 7) is 2.94. The maximum atomic E-state index is 11.6. The zero-order valence-corrected chi connectivity index (χ0v) is 12.9. The number of rotatable bonds is 5. The molecule has 0 aromatic rings. The Morgan fingerprint density at radius 3 is 2.60 bits per heavy atom. The predicted molar refractivity (Wildman–Crippen MR) is 77.4 cm³/mol. The minimum Gasteiger partial charge on any atom is -0.480 e. The minimum absolute atomic E-state index is 0.0366. The fourth-order valence-electron chi connectivity index (χ4n) is 3.64. The first-order valence-electron chi connectivity index (χ1n) is 7.52. The van der Waals surface area contributed by atoms with Crippen LogP contribution in [0.2, 0.25) is 0 Å². The fourth-order valence-corrected chi connectivity index (χ4v) is 5.40. The van der Waals surface area contributed by atoms with Crippen LogP contribution >= 0.6 is 0 Å². The zero-order chi connectivity index (χ0) is 14.8. The molecule has 1 aliphatic carbocycles. The van der Waals surface area contributed by atoms with Crippen molar-refractivity contribution in [1.82, 2.24) is 4.90 Å². The molecule has 1 N–H and O–H groups in total. The highest BCUT2D eigenvalue weighted by Gasteiger charge is 2.34. The zero-order valence-electron chi connectivity index (χ0n) is 12.1. The molecule has 5 nitrogen and oxygen atoms in total. The van der Waals surface area contributed by atoms with Crippen LogP contribution in [-0.2, 0) is 14.6 Å². The van der Waals surface area contributed by atoms with Gasteiger partial charge in [-0.1, -0.05) is 19.8 Å². The van der Waals surface area contributed by atoms with Gasteiger partial charge in [-0.25, -0.2) is 8.42 Å². The summed E-state index contributed by atoms with van der Waals surface area (Å²) in [6.07, 6.45) is 5.32. The lowest BCUT2D eigenvalue weighted by Crippen LogP contribution is -2.43. The van der Waals surface area contributed by atoms with E-state index in [1.165, 1.54) is 12.8 Å². The Bertz CT molecular complexity index is 448. The summed E-state index contributed by atoms with van der Waals surface area (Å²) in [5, 5.41) is 9.06. The Labute approximate surface area is 121 Å². The normalized spacial score (nSPS) is 33.4. The molecule has 0 spiro atoms. The molecule has 2 aliphatic rings. The third-order valence-electron chi connectivity index (χ3n) is 4.60. The maximum absolute atomic E-state index is 11.6. The summed E-state index contributed by atoms with van der Waals surface area (Å²) in [5.41, 5.74) is 0. The highest BCUT2D eigenvalue weighted by Crippen LogP contribution is 2.30. The molecule has 1 heterocycles. The Balaban J connectivity index is 1.98.